The fraction of sp³-hybridized carbons (Fsp3) is 0.409. The van der Waals surface area contributed by atoms with E-state index < -0.39 is 16.1 Å². The van der Waals surface area contributed by atoms with Crippen LogP contribution in [0.4, 0.5) is 0 Å². The molecule has 1 aromatic heterocycles. The number of sulfonamides is 1. The highest BCUT2D eigenvalue weighted by molar-refractivity contribution is 7.89. The number of nitrogens with zero attached hydrogens (tertiary/aromatic N) is 4. The van der Waals surface area contributed by atoms with E-state index in [9.17, 15) is 13.2 Å². The van der Waals surface area contributed by atoms with Crippen molar-refractivity contribution in [3.05, 3.63) is 53.6 Å². The van der Waals surface area contributed by atoms with Gasteiger partial charge in [-0.05, 0) is 43.5 Å². The van der Waals surface area contributed by atoms with Gasteiger partial charge in [-0.25, -0.2) is 13.1 Å². The fourth-order valence-electron chi connectivity index (χ4n) is 3.89. The average molecular weight is 458 g/mol. The number of rotatable bonds is 8. The number of hydrogen-bond donors (Lipinski definition) is 1. The number of hydrogen-bond acceptors (Lipinski definition) is 6. The molecule has 1 saturated heterocycles. The Morgan fingerprint density at radius 1 is 1.22 bits per heavy atom. The molecule has 1 unspecified atom stereocenters. The molecule has 1 N–H and O–H groups in total. The molecule has 4 rings (SSSR count). The van der Waals surface area contributed by atoms with Crippen molar-refractivity contribution in [2.24, 2.45) is 0 Å². The van der Waals surface area contributed by atoms with Crippen LogP contribution in [0.2, 0.25) is 0 Å². The molecular formula is C22H27N5O4S. The van der Waals surface area contributed by atoms with Gasteiger partial charge in [-0.1, -0.05) is 35.0 Å². The highest BCUT2D eigenvalue weighted by atomic mass is 32.2. The van der Waals surface area contributed by atoms with E-state index in [4.69, 9.17) is 4.74 Å². The quantitative estimate of drug-likeness (QED) is 0.553. The van der Waals surface area contributed by atoms with Crippen molar-refractivity contribution in [1.29, 1.82) is 0 Å². The number of methoxy groups -OCH3 is 1. The van der Waals surface area contributed by atoms with Gasteiger partial charge in [-0.2, -0.15) is 4.31 Å². The summed E-state index contributed by atoms with van der Waals surface area (Å²) in [5.74, 6) is -0.279. The SMILES string of the molecule is COCCn1nnc2cc(S(=O)(=O)N3CCCC3C(=O)NCc3ccc(C)cc3)ccc21. The van der Waals surface area contributed by atoms with Gasteiger partial charge in [-0.15, -0.1) is 5.10 Å². The van der Waals surface area contributed by atoms with Gasteiger partial charge in [0.1, 0.15) is 11.6 Å². The third kappa shape index (κ3) is 4.52. The summed E-state index contributed by atoms with van der Waals surface area (Å²) < 4.78 is 34.7. The topological polar surface area (TPSA) is 106 Å². The number of fused-ring (bicyclic) bond motifs is 1. The summed E-state index contributed by atoms with van der Waals surface area (Å²) in [5.41, 5.74) is 3.33. The first kappa shape index (κ1) is 22.4. The van der Waals surface area contributed by atoms with Crippen LogP contribution in [-0.2, 0) is 32.6 Å². The Morgan fingerprint density at radius 2 is 2.00 bits per heavy atom. The van der Waals surface area contributed by atoms with Gasteiger partial charge in [0.25, 0.3) is 0 Å². The molecule has 10 heteroatoms. The van der Waals surface area contributed by atoms with Gasteiger partial charge in [0.05, 0.1) is 23.6 Å². The number of aryl methyl sites for hydroxylation is 1. The van der Waals surface area contributed by atoms with Gasteiger partial charge in [0, 0.05) is 20.2 Å². The minimum absolute atomic E-state index is 0.113. The zero-order valence-corrected chi connectivity index (χ0v) is 19.0. The summed E-state index contributed by atoms with van der Waals surface area (Å²) in [5, 5.41) is 11.0. The molecule has 1 aliphatic heterocycles. The van der Waals surface area contributed by atoms with Crippen LogP contribution >= 0.6 is 0 Å². The normalized spacial score (nSPS) is 17.1. The first-order valence-corrected chi connectivity index (χ1v) is 12.0. The van der Waals surface area contributed by atoms with Crippen molar-refractivity contribution in [1.82, 2.24) is 24.6 Å². The number of ether oxygens (including phenoxy) is 1. The van der Waals surface area contributed by atoms with E-state index in [1.54, 1.807) is 23.9 Å². The number of aromatic nitrogens is 3. The van der Waals surface area contributed by atoms with Crippen molar-refractivity contribution >= 4 is 27.0 Å². The lowest BCUT2D eigenvalue weighted by Crippen LogP contribution is -2.45. The largest absolute Gasteiger partial charge is 0.383 e. The zero-order valence-electron chi connectivity index (χ0n) is 18.2. The van der Waals surface area contributed by atoms with Gasteiger partial charge in [-0.3, -0.25) is 4.79 Å². The van der Waals surface area contributed by atoms with E-state index in [0.717, 1.165) is 16.6 Å². The Hall–Kier alpha value is -2.82. The number of nitrogens with one attached hydrogen (secondary N) is 1. The second kappa shape index (κ2) is 9.35. The van der Waals surface area contributed by atoms with E-state index in [1.807, 2.05) is 31.2 Å². The Balaban J connectivity index is 1.50. The van der Waals surface area contributed by atoms with Crippen LogP contribution < -0.4 is 5.32 Å². The lowest BCUT2D eigenvalue weighted by Gasteiger charge is -2.23. The maximum Gasteiger partial charge on any atom is 0.243 e. The predicted molar refractivity (Wildman–Crippen MR) is 119 cm³/mol. The highest BCUT2D eigenvalue weighted by Gasteiger charge is 2.39. The Bertz CT molecular complexity index is 1210. The van der Waals surface area contributed by atoms with E-state index in [0.29, 0.717) is 44.6 Å². The third-order valence-electron chi connectivity index (χ3n) is 5.69. The molecule has 0 radical (unpaired) electrons. The average Bonchev–Trinajstić information content (AvgIpc) is 3.44. The van der Waals surface area contributed by atoms with Gasteiger partial charge < -0.3 is 10.1 Å². The van der Waals surface area contributed by atoms with Crippen LogP contribution in [0.15, 0.2) is 47.4 Å². The lowest BCUT2D eigenvalue weighted by molar-refractivity contribution is -0.124. The lowest BCUT2D eigenvalue weighted by atomic mass is 10.1. The van der Waals surface area contributed by atoms with Crippen LogP contribution in [-0.4, -0.2) is 59.9 Å². The first-order chi connectivity index (χ1) is 15.4. The molecule has 2 aromatic carbocycles. The molecule has 170 valence electrons. The van der Waals surface area contributed by atoms with Crippen LogP contribution in [0.25, 0.3) is 11.0 Å². The number of amides is 1. The van der Waals surface area contributed by atoms with E-state index in [-0.39, 0.29) is 10.8 Å². The monoisotopic (exact) mass is 457 g/mol. The Morgan fingerprint density at radius 3 is 2.75 bits per heavy atom. The van der Waals surface area contributed by atoms with E-state index in [1.165, 1.54) is 10.4 Å². The summed E-state index contributed by atoms with van der Waals surface area (Å²) >= 11 is 0. The van der Waals surface area contributed by atoms with Crippen LogP contribution in [0.5, 0.6) is 0 Å². The smallest absolute Gasteiger partial charge is 0.243 e. The molecule has 3 aromatic rings. The standard InChI is InChI=1S/C22H27N5O4S/c1-16-5-7-17(8-6-16)15-23-22(28)21-4-3-11-27(21)32(29,30)18-9-10-20-19(14-18)24-25-26(20)12-13-31-2/h5-10,14,21H,3-4,11-13,15H2,1-2H3,(H,23,28). The van der Waals surface area contributed by atoms with Gasteiger partial charge in [0.2, 0.25) is 15.9 Å². The third-order valence-corrected chi connectivity index (χ3v) is 7.60. The molecule has 2 heterocycles. The van der Waals surface area contributed by atoms with Crippen LogP contribution in [0, 0.1) is 6.92 Å². The molecule has 1 fully saturated rings. The molecular weight excluding hydrogens is 430 g/mol. The first-order valence-electron chi connectivity index (χ1n) is 10.6. The Kier molecular flexibility index (Phi) is 6.54. The predicted octanol–water partition coefficient (Wildman–Crippen LogP) is 1.86. The van der Waals surface area contributed by atoms with E-state index in [2.05, 4.69) is 15.6 Å². The summed E-state index contributed by atoms with van der Waals surface area (Å²) in [4.78, 5) is 12.9. The maximum atomic E-state index is 13.4. The summed E-state index contributed by atoms with van der Waals surface area (Å²) in [6.07, 6.45) is 1.13. The number of carbonyl (C=O) groups is 1. The molecule has 0 saturated carbocycles. The minimum atomic E-state index is -3.85. The van der Waals surface area contributed by atoms with Crippen molar-refractivity contribution < 1.29 is 17.9 Å². The molecule has 1 atom stereocenters. The molecule has 0 bridgehead atoms. The molecule has 1 amide bonds. The van der Waals surface area contributed by atoms with Crippen LogP contribution in [0.1, 0.15) is 24.0 Å². The molecule has 0 spiro atoms. The molecule has 1 aliphatic rings. The van der Waals surface area contributed by atoms with Gasteiger partial charge in [0.15, 0.2) is 0 Å². The summed E-state index contributed by atoms with van der Waals surface area (Å²) in [7, 11) is -2.25. The maximum absolute atomic E-state index is 13.4. The van der Waals surface area contributed by atoms with Crippen LogP contribution in [0.3, 0.4) is 0 Å². The van der Waals surface area contributed by atoms with Crippen molar-refractivity contribution in [2.45, 2.75) is 43.8 Å². The van der Waals surface area contributed by atoms with Crippen molar-refractivity contribution in [2.75, 3.05) is 20.3 Å². The second-order valence-electron chi connectivity index (χ2n) is 7.93. The van der Waals surface area contributed by atoms with Crippen molar-refractivity contribution in [3.63, 3.8) is 0 Å². The summed E-state index contributed by atoms with van der Waals surface area (Å²) in [6.45, 7) is 3.67. The molecule has 9 nitrogen and oxygen atoms in total. The number of carbonyl (C=O) groups excluding carboxylic acids is 1. The van der Waals surface area contributed by atoms with E-state index >= 15 is 0 Å². The molecule has 32 heavy (non-hydrogen) atoms. The zero-order chi connectivity index (χ0) is 22.7. The molecule has 0 aliphatic carbocycles. The van der Waals surface area contributed by atoms with Crippen molar-refractivity contribution in [3.8, 4) is 0 Å². The minimum Gasteiger partial charge on any atom is -0.383 e. The van der Waals surface area contributed by atoms with Gasteiger partial charge >= 0.3 is 0 Å². The Labute approximate surface area is 187 Å². The number of benzene rings is 2. The fourth-order valence-corrected chi connectivity index (χ4v) is 5.57. The second-order valence-corrected chi connectivity index (χ2v) is 9.82. The summed E-state index contributed by atoms with van der Waals surface area (Å²) in [6, 6.07) is 11.9. The highest BCUT2D eigenvalue weighted by Crippen LogP contribution is 2.28.